The molecule has 0 spiro atoms. The summed E-state index contributed by atoms with van der Waals surface area (Å²) in [6, 6.07) is 3.39. The van der Waals surface area contributed by atoms with Crippen LogP contribution in [0.4, 0.5) is 5.82 Å². The number of pyridine rings is 1. The largest absolute Gasteiger partial charge is 0.381 e. The fourth-order valence-corrected chi connectivity index (χ4v) is 2.17. The summed E-state index contributed by atoms with van der Waals surface area (Å²) in [5.41, 5.74) is 5.73. The third-order valence-electron chi connectivity index (χ3n) is 3.17. The minimum Gasteiger partial charge on any atom is -0.381 e. The number of aromatic nitrogens is 1. The Morgan fingerprint density at radius 2 is 2.50 bits per heavy atom. The molecule has 1 aliphatic heterocycles. The zero-order valence-corrected chi connectivity index (χ0v) is 10.4. The van der Waals surface area contributed by atoms with Gasteiger partial charge < -0.3 is 15.8 Å². The van der Waals surface area contributed by atoms with Crippen molar-refractivity contribution >= 4 is 11.7 Å². The van der Waals surface area contributed by atoms with E-state index in [1.54, 1.807) is 18.3 Å². The molecule has 0 aromatic carbocycles. The number of carbonyl (C=O) groups excluding carboxylic acids is 1. The summed E-state index contributed by atoms with van der Waals surface area (Å²) in [6.07, 6.45) is 5.03. The van der Waals surface area contributed by atoms with Crippen molar-refractivity contribution in [2.45, 2.75) is 19.3 Å². The van der Waals surface area contributed by atoms with E-state index in [1.165, 1.54) is 6.42 Å². The van der Waals surface area contributed by atoms with Gasteiger partial charge in [-0.05, 0) is 37.3 Å². The Balaban J connectivity index is 1.84. The Kier molecular flexibility index (Phi) is 4.52. The number of nitrogens with two attached hydrogens (primary N) is 1. The number of hydrogen-bond acceptors (Lipinski definition) is 4. The van der Waals surface area contributed by atoms with Crippen molar-refractivity contribution in [2.75, 3.05) is 25.1 Å². The topological polar surface area (TPSA) is 77.2 Å². The molecule has 1 aliphatic rings. The molecule has 5 nitrogen and oxygen atoms in total. The third-order valence-corrected chi connectivity index (χ3v) is 3.17. The van der Waals surface area contributed by atoms with Gasteiger partial charge in [-0.25, -0.2) is 4.98 Å². The smallest absolute Gasteiger partial charge is 0.252 e. The second kappa shape index (κ2) is 6.35. The van der Waals surface area contributed by atoms with Crippen LogP contribution in [0, 0.1) is 5.92 Å². The predicted octanol–water partition coefficient (Wildman–Crippen LogP) is 1.41. The standard InChI is InChI=1S/C13H19N3O2/c14-12(17)11-4-1-6-15-13(11)16-7-5-10-3-2-8-18-9-10/h1,4,6,10H,2-3,5,7-9H2,(H2,14,17)(H,15,16). The summed E-state index contributed by atoms with van der Waals surface area (Å²) in [5, 5.41) is 3.17. The lowest BCUT2D eigenvalue weighted by Gasteiger charge is -2.22. The molecular formula is C13H19N3O2. The van der Waals surface area contributed by atoms with E-state index >= 15 is 0 Å². The van der Waals surface area contributed by atoms with Gasteiger partial charge in [0.25, 0.3) is 5.91 Å². The van der Waals surface area contributed by atoms with Gasteiger partial charge in [-0.1, -0.05) is 0 Å². The van der Waals surface area contributed by atoms with Crippen LogP contribution in [0.2, 0.25) is 0 Å². The number of rotatable bonds is 5. The lowest BCUT2D eigenvalue weighted by molar-refractivity contribution is 0.0530. The SMILES string of the molecule is NC(=O)c1cccnc1NCCC1CCCOC1. The van der Waals surface area contributed by atoms with Crippen molar-refractivity contribution in [1.82, 2.24) is 4.98 Å². The number of primary amides is 1. The van der Waals surface area contributed by atoms with E-state index in [0.29, 0.717) is 17.3 Å². The highest BCUT2D eigenvalue weighted by Crippen LogP contribution is 2.17. The van der Waals surface area contributed by atoms with Crippen LogP contribution < -0.4 is 11.1 Å². The summed E-state index contributed by atoms with van der Waals surface area (Å²) in [7, 11) is 0. The molecule has 1 fully saturated rings. The molecule has 0 aliphatic carbocycles. The molecule has 0 radical (unpaired) electrons. The highest BCUT2D eigenvalue weighted by Gasteiger charge is 2.14. The fraction of sp³-hybridized carbons (Fsp3) is 0.538. The first-order valence-electron chi connectivity index (χ1n) is 6.34. The number of nitrogens with zero attached hydrogens (tertiary/aromatic N) is 1. The second-order valence-corrected chi connectivity index (χ2v) is 4.56. The Morgan fingerprint density at radius 1 is 1.61 bits per heavy atom. The lowest BCUT2D eigenvalue weighted by Crippen LogP contribution is -2.21. The molecule has 18 heavy (non-hydrogen) atoms. The monoisotopic (exact) mass is 249 g/mol. The van der Waals surface area contributed by atoms with Gasteiger partial charge in [-0.15, -0.1) is 0 Å². The van der Waals surface area contributed by atoms with E-state index < -0.39 is 5.91 Å². The Hall–Kier alpha value is -1.62. The van der Waals surface area contributed by atoms with Gasteiger partial charge in [0, 0.05) is 26.0 Å². The van der Waals surface area contributed by atoms with Crippen LogP contribution in [-0.2, 0) is 4.74 Å². The van der Waals surface area contributed by atoms with Crippen molar-refractivity contribution in [2.24, 2.45) is 11.7 Å². The van der Waals surface area contributed by atoms with E-state index in [4.69, 9.17) is 10.5 Å². The molecule has 2 rings (SSSR count). The summed E-state index contributed by atoms with van der Waals surface area (Å²) < 4.78 is 5.43. The van der Waals surface area contributed by atoms with Gasteiger partial charge in [0.05, 0.1) is 5.56 Å². The molecule has 1 saturated heterocycles. The Labute approximate surface area is 107 Å². The highest BCUT2D eigenvalue weighted by molar-refractivity contribution is 5.97. The van der Waals surface area contributed by atoms with Gasteiger partial charge in [-0.3, -0.25) is 4.79 Å². The van der Waals surface area contributed by atoms with Gasteiger partial charge in [-0.2, -0.15) is 0 Å². The number of ether oxygens (including phenoxy) is 1. The molecule has 1 aromatic heterocycles. The molecule has 2 heterocycles. The second-order valence-electron chi connectivity index (χ2n) is 4.56. The molecule has 5 heteroatoms. The number of hydrogen-bond donors (Lipinski definition) is 2. The number of nitrogens with one attached hydrogen (secondary N) is 1. The zero-order valence-electron chi connectivity index (χ0n) is 10.4. The Morgan fingerprint density at radius 3 is 3.22 bits per heavy atom. The van der Waals surface area contributed by atoms with Crippen LogP contribution in [0.3, 0.4) is 0 Å². The average molecular weight is 249 g/mol. The van der Waals surface area contributed by atoms with Crippen LogP contribution >= 0.6 is 0 Å². The summed E-state index contributed by atoms with van der Waals surface area (Å²) in [5.74, 6) is 0.723. The third kappa shape index (κ3) is 3.43. The predicted molar refractivity (Wildman–Crippen MR) is 69.4 cm³/mol. The summed E-state index contributed by atoms with van der Waals surface area (Å²) >= 11 is 0. The van der Waals surface area contributed by atoms with Crippen LogP contribution in [0.15, 0.2) is 18.3 Å². The summed E-state index contributed by atoms with van der Waals surface area (Å²) in [4.78, 5) is 15.3. The first kappa shape index (κ1) is 12.8. The maximum Gasteiger partial charge on any atom is 0.252 e. The number of carbonyl (C=O) groups is 1. The van der Waals surface area contributed by atoms with E-state index in [0.717, 1.165) is 32.6 Å². The van der Waals surface area contributed by atoms with Crippen LogP contribution in [0.1, 0.15) is 29.6 Å². The fourth-order valence-electron chi connectivity index (χ4n) is 2.17. The quantitative estimate of drug-likeness (QED) is 0.827. The summed E-state index contributed by atoms with van der Waals surface area (Å²) in [6.45, 7) is 2.51. The van der Waals surface area contributed by atoms with E-state index in [9.17, 15) is 4.79 Å². The van der Waals surface area contributed by atoms with Gasteiger partial charge in [0.2, 0.25) is 0 Å². The van der Waals surface area contributed by atoms with Gasteiger partial charge in [0.1, 0.15) is 5.82 Å². The van der Waals surface area contributed by atoms with Gasteiger partial charge >= 0.3 is 0 Å². The van der Waals surface area contributed by atoms with Crippen molar-refractivity contribution in [3.05, 3.63) is 23.9 Å². The first-order chi connectivity index (χ1) is 8.77. The first-order valence-corrected chi connectivity index (χ1v) is 6.34. The minimum atomic E-state index is -0.452. The van der Waals surface area contributed by atoms with E-state index in [-0.39, 0.29) is 0 Å². The van der Waals surface area contributed by atoms with E-state index in [2.05, 4.69) is 10.3 Å². The van der Waals surface area contributed by atoms with Crippen LogP contribution in [0.5, 0.6) is 0 Å². The molecular weight excluding hydrogens is 230 g/mol. The van der Waals surface area contributed by atoms with Crippen molar-refractivity contribution < 1.29 is 9.53 Å². The lowest BCUT2D eigenvalue weighted by atomic mass is 9.99. The number of amides is 1. The van der Waals surface area contributed by atoms with Crippen molar-refractivity contribution in [1.29, 1.82) is 0 Å². The number of anilines is 1. The van der Waals surface area contributed by atoms with Crippen molar-refractivity contribution in [3.63, 3.8) is 0 Å². The van der Waals surface area contributed by atoms with E-state index in [1.807, 2.05) is 0 Å². The average Bonchev–Trinajstić information content (AvgIpc) is 2.40. The normalized spacial score (nSPS) is 19.4. The molecule has 0 bridgehead atoms. The molecule has 1 amide bonds. The van der Waals surface area contributed by atoms with Crippen LogP contribution in [0.25, 0.3) is 0 Å². The molecule has 3 N–H and O–H groups in total. The molecule has 98 valence electrons. The maximum absolute atomic E-state index is 11.2. The highest BCUT2D eigenvalue weighted by atomic mass is 16.5. The molecule has 1 unspecified atom stereocenters. The van der Waals surface area contributed by atoms with Gasteiger partial charge in [0.15, 0.2) is 0 Å². The Bertz CT molecular complexity index is 403. The van der Waals surface area contributed by atoms with Crippen molar-refractivity contribution in [3.8, 4) is 0 Å². The zero-order chi connectivity index (χ0) is 12.8. The molecule has 1 atom stereocenters. The molecule has 0 saturated carbocycles. The maximum atomic E-state index is 11.2. The van der Waals surface area contributed by atoms with Crippen LogP contribution in [-0.4, -0.2) is 30.6 Å². The minimum absolute atomic E-state index is 0.442. The molecule has 1 aromatic rings.